The average Bonchev–Trinajstić information content (AvgIpc) is 3.13. The van der Waals surface area contributed by atoms with Gasteiger partial charge in [0.05, 0.1) is 18.5 Å². The molecule has 1 amide bonds. The van der Waals surface area contributed by atoms with Crippen LogP contribution in [0.1, 0.15) is 22.4 Å². The Morgan fingerprint density at radius 1 is 1.43 bits per heavy atom. The second-order valence-corrected chi connectivity index (χ2v) is 5.45. The fourth-order valence-corrected chi connectivity index (χ4v) is 3.05. The van der Waals surface area contributed by atoms with Crippen molar-refractivity contribution in [3.05, 3.63) is 41.4 Å². The largest absolute Gasteiger partial charge is 0.467 e. The van der Waals surface area contributed by atoms with E-state index < -0.39 is 0 Å². The monoisotopic (exact) mass is 302 g/mol. The maximum atomic E-state index is 12.7. The summed E-state index contributed by atoms with van der Waals surface area (Å²) in [5.41, 5.74) is 7.02. The van der Waals surface area contributed by atoms with Crippen LogP contribution in [-0.4, -0.2) is 27.3 Å². The Balaban J connectivity index is 1.93. The molecule has 3 aromatic rings. The highest BCUT2D eigenvalue weighted by Crippen LogP contribution is 2.31. The minimum absolute atomic E-state index is 0.129. The lowest BCUT2D eigenvalue weighted by Gasteiger charge is -2.19. The molecule has 0 aliphatic rings. The highest BCUT2D eigenvalue weighted by molar-refractivity contribution is 7.21. The van der Waals surface area contributed by atoms with E-state index in [0.29, 0.717) is 34.0 Å². The zero-order chi connectivity index (χ0) is 14.8. The summed E-state index contributed by atoms with van der Waals surface area (Å²) in [6, 6.07) is 3.64. The Kier molecular flexibility index (Phi) is 3.57. The van der Waals surface area contributed by atoms with Gasteiger partial charge in [-0.1, -0.05) is 0 Å². The molecular weight excluding hydrogens is 288 g/mol. The first-order valence-corrected chi connectivity index (χ1v) is 7.33. The molecule has 6 nitrogen and oxygen atoms in total. The topological polar surface area (TPSA) is 85.2 Å². The molecule has 0 aromatic carbocycles. The van der Waals surface area contributed by atoms with Crippen molar-refractivity contribution in [3.63, 3.8) is 0 Å². The molecule has 0 atom stereocenters. The molecule has 0 unspecified atom stereocenters. The Morgan fingerprint density at radius 2 is 2.24 bits per heavy atom. The number of nitrogen functional groups attached to an aromatic ring is 1. The fourth-order valence-electron chi connectivity index (χ4n) is 2.06. The van der Waals surface area contributed by atoms with Gasteiger partial charge in [-0.15, -0.1) is 11.3 Å². The molecule has 0 saturated heterocycles. The number of hydrogen-bond acceptors (Lipinski definition) is 6. The second kappa shape index (κ2) is 5.53. The van der Waals surface area contributed by atoms with E-state index in [2.05, 4.69) is 9.97 Å². The van der Waals surface area contributed by atoms with Gasteiger partial charge in [0.1, 0.15) is 21.0 Å². The van der Waals surface area contributed by atoms with Gasteiger partial charge >= 0.3 is 0 Å². The van der Waals surface area contributed by atoms with Crippen LogP contribution in [0.4, 0.5) is 5.69 Å². The standard InChI is InChI=1S/C14H14N4O2S/c1-2-18(8-9-4-3-7-20-9)14(19)12-10(15)11-13(21-12)17-6-5-16-11/h3-7H,2,8,15H2,1H3. The lowest BCUT2D eigenvalue weighted by molar-refractivity contribution is 0.0747. The second-order valence-electron chi connectivity index (χ2n) is 4.45. The van der Waals surface area contributed by atoms with E-state index in [9.17, 15) is 4.79 Å². The predicted octanol–water partition coefficient (Wildman–Crippen LogP) is 2.53. The van der Waals surface area contributed by atoms with E-state index in [4.69, 9.17) is 10.2 Å². The van der Waals surface area contributed by atoms with Crippen LogP contribution in [0.2, 0.25) is 0 Å². The highest BCUT2D eigenvalue weighted by atomic mass is 32.1. The Morgan fingerprint density at radius 3 is 2.90 bits per heavy atom. The van der Waals surface area contributed by atoms with Crippen LogP contribution in [-0.2, 0) is 6.54 Å². The Labute approximate surface area is 125 Å². The van der Waals surface area contributed by atoms with Crippen molar-refractivity contribution in [1.29, 1.82) is 0 Å². The number of nitrogens with two attached hydrogens (primary N) is 1. The number of thiophene rings is 1. The molecule has 0 saturated carbocycles. The maximum Gasteiger partial charge on any atom is 0.266 e. The van der Waals surface area contributed by atoms with E-state index in [1.54, 1.807) is 29.6 Å². The number of furan rings is 1. The summed E-state index contributed by atoms with van der Waals surface area (Å²) in [6.45, 7) is 2.89. The third-order valence-electron chi connectivity index (χ3n) is 3.15. The quantitative estimate of drug-likeness (QED) is 0.800. The van der Waals surface area contributed by atoms with Gasteiger partial charge < -0.3 is 15.1 Å². The van der Waals surface area contributed by atoms with Crippen LogP contribution < -0.4 is 5.73 Å². The number of aromatic nitrogens is 2. The zero-order valence-electron chi connectivity index (χ0n) is 11.4. The van der Waals surface area contributed by atoms with Gasteiger partial charge in [-0.2, -0.15) is 0 Å². The number of anilines is 1. The van der Waals surface area contributed by atoms with E-state index in [1.807, 2.05) is 13.0 Å². The summed E-state index contributed by atoms with van der Waals surface area (Å²) in [7, 11) is 0. The molecule has 3 heterocycles. The van der Waals surface area contributed by atoms with E-state index in [-0.39, 0.29) is 5.91 Å². The lowest BCUT2D eigenvalue weighted by atomic mass is 10.3. The molecule has 7 heteroatoms. The van der Waals surface area contributed by atoms with Crippen LogP contribution in [0.5, 0.6) is 0 Å². The first kappa shape index (κ1) is 13.6. The van der Waals surface area contributed by atoms with E-state index in [0.717, 1.165) is 5.76 Å². The van der Waals surface area contributed by atoms with Gasteiger partial charge in [0.15, 0.2) is 0 Å². The molecule has 21 heavy (non-hydrogen) atoms. The number of fused-ring (bicyclic) bond motifs is 1. The van der Waals surface area contributed by atoms with E-state index in [1.165, 1.54) is 11.3 Å². The molecule has 3 aromatic heterocycles. The van der Waals surface area contributed by atoms with E-state index >= 15 is 0 Å². The van der Waals surface area contributed by atoms with Gasteiger partial charge in [-0.25, -0.2) is 9.97 Å². The van der Waals surface area contributed by atoms with Gasteiger partial charge in [-0.3, -0.25) is 4.79 Å². The normalized spacial score (nSPS) is 10.9. The summed E-state index contributed by atoms with van der Waals surface area (Å²) in [5.74, 6) is 0.609. The number of carbonyl (C=O) groups excluding carboxylic acids is 1. The third-order valence-corrected chi connectivity index (χ3v) is 4.24. The molecule has 108 valence electrons. The smallest absolute Gasteiger partial charge is 0.266 e. The van der Waals surface area contributed by atoms with Crippen molar-refractivity contribution in [1.82, 2.24) is 14.9 Å². The predicted molar refractivity (Wildman–Crippen MR) is 80.9 cm³/mol. The molecule has 2 N–H and O–H groups in total. The van der Waals surface area contributed by atoms with Gasteiger partial charge in [0.2, 0.25) is 0 Å². The molecule has 0 spiro atoms. The van der Waals surface area contributed by atoms with Crippen LogP contribution in [0.15, 0.2) is 35.2 Å². The summed E-state index contributed by atoms with van der Waals surface area (Å²) < 4.78 is 5.29. The van der Waals surface area contributed by atoms with Crippen molar-refractivity contribution in [2.45, 2.75) is 13.5 Å². The summed E-state index contributed by atoms with van der Waals surface area (Å²) in [4.78, 5) is 23.9. The Bertz CT molecular complexity index is 766. The Hall–Kier alpha value is -2.41. The molecule has 0 bridgehead atoms. The van der Waals surface area contributed by atoms with Crippen LogP contribution in [0.25, 0.3) is 10.3 Å². The number of rotatable bonds is 4. The lowest BCUT2D eigenvalue weighted by Crippen LogP contribution is -2.30. The van der Waals surface area contributed by atoms with Gasteiger partial charge in [0.25, 0.3) is 5.91 Å². The van der Waals surface area contributed by atoms with Crippen LogP contribution in [0.3, 0.4) is 0 Å². The van der Waals surface area contributed by atoms with Gasteiger partial charge in [0, 0.05) is 18.9 Å². The molecule has 3 rings (SSSR count). The number of carbonyl (C=O) groups is 1. The zero-order valence-corrected chi connectivity index (χ0v) is 12.3. The van der Waals surface area contributed by atoms with Crippen molar-refractivity contribution < 1.29 is 9.21 Å². The minimum atomic E-state index is -0.129. The first-order chi connectivity index (χ1) is 10.2. The molecule has 0 aliphatic carbocycles. The van der Waals surface area contributed by atoms with Gasteiger partial charge in [-0.05, 0) is 19.1 Å². The highest BCUT2D eigenvalue weighted by Gasteiger charge is 2.22. The molecular formula is C14H14N4O2S. The van der Waals surface area contributed by atoms with Crippen molar-refractivity contribution >= 4 is 33.3 Å². The molecule has 0 fully saturated rings. The van der Waals surface area contributed by atoms with Crippen molar-refractivity contribution in [2.75, 3.05) is 12.3 Å². The number of hydrogen-bond donors (Lipinski definition) is 1. The van der Waals surface area contributed by atoms with Crippen LogP contribution in [0, 0.1) is 0 Å². The number of amides is 1. The number of nitrogens with zero attached hydrogens (tertiary/aromatic N) is 3. The SMILES string of the molecule is CCN(Cc1ccco1)C(=O)c1sc2nccnc2c1N. The molecule has 0 aliphatic heterocycles. The van der Waals surface area contributed by atoms with Crippen LogP contribution >= 0.6 is 11.3 Å². The summed E-state index contributed by atoms with van der Waals surface area (Å²) >= 11 is 1.27. The third kappa shape index (κ3) is 2.47. The first-order valence-electron chi connectivity index (χ1n) is 6.51. The summed E-state index contributed by atoms with van der Waals surface area (Å²) in [5, 5.41) is 0. The maximum absolute atomic E-state index is 12.7. The van der Waals surface area contributed by atoms with Crippen molar-refractivity contribution in [3.8, 4) is 0 Å². The minimum Gasteiger partial charge on any atom is -0.467 e. The molecule has 0 radical (unpaired) electrons. The van der Waals surface area contributed by atoms with Crippen molar-refractivity contribution in [2.24, 2.45) is 0 Å². The average molecular weight is 302 g/mol. The summed E-state index contributed by atoms with van der Waals surface area (Å²) in [6.07, 6.45) is 4.75. The fraction of sp³-hybridized carbons (Fsp3) is 0.214.